The van der Waals surface area contributed by atoms with Crippen LogP contribution in [0.25, 0.3) is 0 Å². The van der Waals surface area contributed by atoms with Crippen LogP contribution < -0.4 is 4.90 Å². The molecule has 4 nitrogen and oxygen atoms in total. The molecule has 1 aliphatic carbocycles. The number of para-hydroxylation sites is 1. The Labute approximate surface area is 132 Å². The monoisotopic (exact) mass is 321 g/mol. The van der Waals surface area contributed by atoms with Crippen LogP contribution in [0, 0.1) is 0 Å². The summed E-state index contributed by atoms with van der Waals surface area (Å²) >= 11 is 0. The summed E-state index contributed by atoms with van der Waals surface area (Å²) < 4.78 is 23.9. The Bertz CT molecular complexity index is 675. The summed E-state index contributed by atoms with van der Waals surface area (Å²) in [4.78, 5) is 14.3. The predicted octanol–water partition coefficient (Wildman–Crippen LogP) is 2.67. The second-order valence-electron chi connectivity index (χ2n) is 6.58. The van der Waals surface area contributed by atoms with Gasteiger partial charge in [0.1, 0.15) is 5.75 Å². The summed E-state index contributed by atoms with van der Waals surface area (Å²) in [6.07, 6.45) is 5.11. The van der Waals surface area contributed by atoms with Gasteiger partial charge in [0.05, 0.1) is 5.75 Å². The number of nitrogens with zero attached hydrogens (tertiary/aromatic N) is 1. The third kappa shape index (κ3) is 2.67. The summed E-state index contributed by atoms with van der Waals surface area (Å²) in [6.45, 7) is 2.47. The molecule has 1 aliphatic heterocycles. The zero-order valence-electron chi connectivity index (χ0n) is 13.0. The molecule has 1 aromatic rings. The molecule has 0 bridgehead atoms. The first-order valence-electron chi connectivity index (χ1n) is 8.08. The SMILES string of the molecule is CCCS(=O)(=O)CC(=O)N1CC2(CCCC2)c2ccccc21. The van der Waals surface area contributed by atoms with Crippen molar-refractivity contribution in [2.24, 2.45) is 0 Å². The summed E-state index contributed by atoms with van der Waals surface area (Å²) in [5.41, 5.74) is 2.20. The standard InChI is InChI=1S/C17H23NO3S/c1-2-11-22(20,21)12-16(19)18-13-17(9-5-6-10-17)14-7-3-4-8-15(14)18/h3-4,7-8H,2,5-6,9-13H2,1H3. The topological polar surface area (TPSA) is 54.5 Å². The number of carbonyl (C=O) groups excluding carboxylic acids is 1. The summed E-state index contributed by atoms with van der Waals surface area (Å²) in [5, 5.41) is 0. The van der Waals surface area contributed by atoms with Crippen molar-refractivity contribution >= 4 is 21.4 Å². The minimum Gasteiger partial charge on any atom is -0.310 e. The highest BCUT2D eigenvalue weighted by molar-refractivity contribution is 7.92. The molecule has 1 heterocycles. The van der Waals surface area contributed by atoms with Crippen molar-refractivity contribution in [3.05, 3.63) is 29.8 Å². The summed E-state index contributed by atoms with van der Waals surface area (Å²) in [5.74, 6) is -0.561. The molecule has 3 rings (SSSR count). The smallest absolute Gasteiger partial charge is 0.242 e. The van der Waals surface area contributed by atoms with Crippen molar-refractivity contribution in [1.29, 1.82) is 0 Å². The van der Waals surface area contributed by atoms with Crippen molar-refractivity contribution in [1.82, 2.24) is 0 Å². The number of fused-ring (bicyclic) bond motifs is 2. The lowest BCUT2D eigenvalue weighted by Gasteiger charge is -2.24. The zero-order chi connectivity index (χ0) is 15.8. The molecular formula is C17H23NO3S. The third-order valence-electron chi connectivity index (χ3n) is 4.95. The van der Waals surface area contributed by atoms with Gasteiger partial charge in [-0.2, -0.15) is 0 Å². The number of anilines is 1. The number of amides is 1. The van der Waals surface area contributed by atoms with E-state index in [1.165, 1.54) is 18.4 Å². The van der Waals surface area contributed by atoms with E-state index < -0.39 is 9.84 Å². The van der Waals surface area contributed by atoms with Crippen molar-refractivity contribution in [2.75, 3.05) is 23.0 Å². The molecule has 120 valence electrons. The Balaban J connectivity index is 1.88. The molecule has 2 aliphatic rings. The molecule has 1 amide bonds. The Hall–Kier alpha value is -1.36. The van der Waals surface area contributed by atoms with Crippen LogP contribution in [-0.2, 0) is 20.0 Å². The van der Waals surface area contributed by atoms with Gasteiger partial charge in [-0.05, 0) is 30.9 Å². The van der Waals surface area contributed by atoms with Crippen LogP contribution in [-0.4, -0.2) is 32.4 Å². The van der Waals surface area contributed by atoms with Crippen molar-refractivity contribution in [2.45, 2.75) is 44.4 Å². The van der Waals surface area contributed by atoms with Gasteiger partial charge < -0.3 is 4.90 Å². The molecule has 0 N–H and O–H groups in total. The molecule has 0 saturated heterocycles. The van der Waals surface area contributed by atoms with Gasteiger partial charge in [-0.25, -0.2) is 8.42 Å². The van der Waals surface area contributed by atoms with E-state index in [0.717, 1.165) is 18.5 Å². The quantitative estimate of drug-likeness (QED) is 0.857. The molecule has 22 heavy (non-hydrogen) atoms. The summed E-state index contributed by atoms with van der Waals surface area (Å²) in [6, 6.07) is 8.00. The minimum atomic E-state index is -3.30. The van der Waals surface area contributed by atoms with Crippen molar-refractivity contribution in [3.63, 3.8) is 0 Å². The average molecular weight is 321 g/mol. The number of sulfone groups is 1. The van der Waals surface area contributed by atoms with E-state index in [4.69, 9.17) is 0 Å². The van der Waals surface area contributed by atoms with Crippen LogP contribution in [0.1, 0.15) is 44.6 Å². The molecular weight excluding hydrogens is 298 g/mol. The second kappa shape index (κ2) is 5.69. The van der Waals surface area contributed by atoms with E-state index in [2.05, 4.69) is 6.07 Å². The number of hydrogen-bond acceptors (Lipinski definition) is 3. The van der Waals surface area contributed by atoms with Gasteiger partial charge >= 0.3 is 0 Å². The highest BCUT2D eigenvalue weighted by atomic mass is 32.2. The first-order valence-corrected chi connectivity index (χ1v) is 9.90. The maximum Gasteiger partial charge on any atom is 0.242 e. The Morgan fingerprint density at radius 1 is 1.23 bits per heavy atom. The maximum absolute atomic E-state index is 12.6. The lowest BCUT2D eigenvalue weighted by Crippen LogP contribution is -2.39. The van der Waals surface area contributed by atoms with E-state index in [-0.39, 0.29) is 22.8 Å². The normalized spacial score (nSPS) is 19.6. The van der Waals surface area contributed by atoms with Gasteiger partial charge in [-0.15, -0.1) is 0 Å². The Morgan fingerprint density at radius 2 is 1.91 bits per heavy atom. The molecule has 5 heteroatoms. The first kappa shape index (κ1) is 15.5. The fraction of sp³-hybridized carbons (Fsp3) is 0.588. The van der Waals surface area contributed by atoms with E-state index >= 15 is 0 Å². The molecule has 1 spiro atoms. The lowest BCUT2D eigenvalue weighted by molar-refractivity contribution is -0.116. The fourth-order valence-corrected chi connectivity index (χ4v) is 5.28. The van der Waals surface area contributed by atoms with Gasteiger partial charge in [-0.1, -0.05) is 38.0 Å². The maximum atomic E-state index is 12.6. The van der Waals surface area contributed by atoms with Gasteiger partial charge in [0, 0.05) is 17.6 Å². The molecule has 0 radical (unpaired) electrons. The molecule has 1 fully saturated rings. The minimum absolute atomic E-state index is 0.0563. The van der Waals surface area contributed by atoms with Crippen LogP contribution in [0.2, 0.25) is 0 Å². The highest BCUT2D eigenvalue weighted by Gasteiger charge is 2.46. The first-order chi connectivity index (χ1) is 10.5. The zero-order valence-corrected chi connectivity index (χ0v) is 13.9. The summed E-state index contributed by atoms with van der Waals surface area (Å²) in [7, 11) is -3.30. The van der Waals surface area contributed by atoms with Gasteiger partial charge in [-0.3, -0.25) is 4.79 Å². The number of rotatable bonds is 4. The second-order valence-corrected chi connectivity index (χ2v) is 8.76. The van der Waals surface area contributed by atoms with Crippen molar-refractivity contribution < 1.29 is 13.2 Å². The molecule has 1 aromatic carbocycles. The number of benzene rings is 1. The van der Waals surface area contributed by atoms with Crippen LogP contribution >= 0.6 is 0 Å². The Morgan fingerprint density at radius 3 is 2.59 bits per heavy atom. The average Bonchev–Trinajstić information content (AvgIpc) is 3.06. The third-order valence-corrected chi connectivity index (χ3v) is 6.66. The van der Waals surface area contributed by atoms with Crippen molar-refractivity contribution in [3.8, 4) is 0 Å². The van der Waals surface area contributed by atoms with E-state index in [0.29, 0.717) is 13.0 Å². The Kier molecular flexibility index (Phi) is 4.02. The fourth-order valence-electron chi connectivity index (χ4n) is 3.98. The lowest BCUT2D eigenvalue weighted by atomic mass is 9.81. The number of carbonyl (C=O) groups is 1. The number of hydrogen-bond donors (Lipinski definition) is 0. The molecule has 1 saturated carbocycles. The van der Waals surface area contributed by atoms with E-state index in [1.807, 2.05) is 25.1 Å². The molecule has 0 aromatic heterocycles. The van der Waals surface area contributed by atoms with Crippen LogP contribution in [0.5, 0.6) is 0 Å². The van der Waals surface area contributed by atoms with Gasteiger partial charge in [0.15, 0.2) is 9.84 Å². The van der Waals surface area contributed by atoms with Gasteiger partial charge in [0.2, 0.25) is 5.91 Å². The van der Waals surface area contributed by atoms with Gasteiger partial charge in [0.25, 0.3) is 0 Å². The largest absolute Gasteiger partial charge is 0.310 e. The highest BCUT2D eigenvalue weighted by Crippen LogP contribution is 2.50. The predicted molar refractivity (Wildman–Crippen MR) is 87.9 cm³/mol. The molecule has 0 atom stereocenters. The van der Waals surface area contributed by atoms with E-state index in [1.54, 1.807) is 4.90 Å². The molecule has 0 unspecified atom stereocenters. The van der Waals surface area contributed by atoms with Crippen LogP contribution in [0.4, 0.5) is 5.69 Å². The van der Waals surface area contributed by atoms with E-state index in [9.17, 15) is 13.2 Å². The van der Waals surface area contributed by atoms with Crippen LogP contribution in [0.15, 0.2) is 24.3 Å². The van der Waals surface area contributed by atoms with Crippen LogP contribution in [0.3, 0.4) is 0 Å².